The fourth-order valence-corrected chi connectivity index (χ4v) is 2.89. The van der Waals surface area contributed by atoms with Gasteiger partial charge in [0, 0.05) is 6.04 Å². The standard InChI is InChI=1S/C16H25N/c1-3-5-12(2)16(17)11-13-8-9-14-6-4-7-15(14)10-13/h8-10,12,16H,3-7,11,17H2,1-2H3. The first-order valence-electron chi connectivity index (χ1n) is 7.07. The highest BCUT2D eigenvalue weighted by molar-refractivity contribution is 5.35. The first-order valence-corrected chi connectivity index (χ1v) is 7.07. The van der Waals surface area contributed by atoms with Gasteiger partial charge in [0.2, 0.25) is 0 Å². The van der Waals surface area contributed by atoms with Crippen molar-refractivity contribution in [2.24, 2.45) is 11.7 Å². The SMILES string of the molecule is CCCC(C)C(N)Cc1ccc2c(c1)CCC2. The third kappa shape index (κ3) is 3.10. The number of hydrogen-bond donors (Lipinski definition) is 1. The highest BCUT2D eigenvalue weighted by Crippen LogP contribution is 2.24. The van der Waals surface area contributed by atoms with Crippen LogP contribution in [0.2, 0.25) is 0 Å². The van der Waals surface area contributed by atoms with E-state index in [2.05, 4.69) is 32.0 Å². The van der Waals surface area contributed by atoms with Crippen LogP contribution in [-0.2, 0) is 19.3 Å². The Morgan fingerprint density at radius 3 is 2.76 bits per heavy atom. The van der Waals surface area contributed by atoms with Crippen molar-refractivity contribution >= 4 is 0 Å². The Balaban J connectivity index is 1.99. The van der Waals surface area contributed by atoms with Crippen LogP contribution in [0.15, 0.2) is 18.2 Å². The lowest BCUT2D eigenvalue weighted by molar-refractivity contribution is 0.420. The van der Waals surface area contributed by atoms with Crippen LogP contribution >= 0.6 is 0 Å². The third-order valence-corrected chi connectivity index (χ3v) is 4.11. The van der Waals surface area contributed by atoms with Crippen molar-refractivity contribution in [2.75, 3.05) is 0 Å². The minimum absolute atomic E-state index is 0.314. The van der Waals surface area contributed by atoms with E-state index in [1.165, 1.54) is 37.7 Å². The monoisotopic (exact) mass is 231 g/mol. The summed E-state index contributed by atoms with van der Waals surface area (Å²) in [4.78, 5) is 0. The van der Waals surface area contributed by atoms with Gasteiger partial charge in [0.15, 0.2) is 0 Å². The van der Waals surface area contributed by atoms with Gasteiger partial charge in [-0.3, -0.25) is 0 Å². The zero-order valence-corrected chi connectivity index (χ0v) is 11.2. The molecule has 0 aliphatic heterocycles. The molecule has 94 valence electrons. The fraction of sp³-hybridized carbons (Fsp3) is 0.625. The van der Waals surface area contributed by atoms with E-state index >= 15 is 0 Å². The second-order valence-electron chi connectivity index (χ2n) is 5.59. The van der Waals surface area contributed by atoms with Crippen molar-refractivity contribution in [1.29, 1.82) is 0 Å². The van der Waals surface area contributed by atoms with Gasteiger partial charge in [-0.05, 0) is 54.7 Å². The molecule has 2 rings (SSSR count). The molecule has 0 heterocycles. The summed E-state index contributed by atoms with van der Waals surface area (Å²) in [6.45, 7) is 4.51. The second-order valence-corrected chi connectivity index (χ2v) is 5.59. The number of benzene rings is 1. The van der Waals surface area contributed by atoms with Gasteiger partial charge >= 0.3 is 0 Å². The molecule has 0 saturated heterocycles. The molecule has 0 amide bonds. The molecular weight excluding hydrogens is 206 g/mol. The Hall–Kier alpha value is -0.820. The average Bonchev–Trinajstić information content (AvgIpc) is 2.76. The van der Waals surface area contributed by atoms with Gasteiger partial charge in [-0.2, -0.15) is 0 Å². The molecule has 2 unspecified atom stereocenters. The lowest BCUT2D eigenvalue weighted by Crippen LogP contribution is -2.30. The predicted molar refractivity (Wildman–Crippen MR) is 74.2 cm³/mol. The van der Waals surface area contributed by atoms with Gasteiger partial charge in [0.25, 0.3) is 0 Å². The lowest BCUT2D eigenvalue weighted by Gasteiger charge is -2.19. The number of hydrogen-bond acceptors (Lipinski definition) is 1. The third-order valence-electron chi connectivity index (χ3n) is 4.11. The van der Waals surface area contributed by atoms with Gasteiger partial charge in [-0.1, -0.05) is 38.5 Å². The molecule has 1 aromatic carbocycles. The first kappa shape index (κ1) is 12.6. The minimum Gasteiger partial charge on any atom is -0.327 e. The average molecular weight is 231 g/mol. The summed E-state index contributed by atoms with van der Waals surface area (Å²) < 4.78 is 0. The van der Waals surface area contributed by atoms with Crippen LogP contribution in [0.5, 0.6) is 0 Å². The Kier molecular flexibility index (Phi) is 4.22. The van der Waals surface area contributed by atoms with Gasteiger partial charge in [-0.15, -0.1) is 0 Å². The number of rotatable bonds is 5. The van der Waals surface area contributed by atoms with Crippen LogP contribution in [0, 0.1) is 5.92 Å². The van der Waals surface area contributed by atoms with Crippen molar-refractivity contribution in [3.63, 3.8) is 0 Å². The van der Waals surface area contributed by atoms with E-state index in [1.807, 2.05) is 0 Å². The summed E-state index contributed by atoms with van der Waals surface area (Å²) in [6.07, 6.45) is 7.38. The van der Waals surface area contributed by atoms with Crippen LogP contribution in [0.4, 0.5) is 0 Å². The molecule has 0 bridgehead atoms. The maximum Gasteiger partial charge on any atom is 0.0105 e. The van der Waals surface area contributed by atoms with E-state index in [-0.39, 0.29) is 0 Å². The molecule has 0 aromatic heterocycles. The molecule has 1 heteroatoms. The molecule has 0 radical (unpaired) electrons. The number of nitrogens with two attached hydrogens (primary N) is 1. The Morgan fingerprint density at radius 2 is 2.00 bits per heavy atom. The zero-order valence-electron chi connectivity index (χ0n) is 11.2. The maximum atomic E-state index is 6.28. The summed E-state index contributed by atoms with van der Waals surface area (Å²) >= 11 is 0. The van der Waals surface area contributed by atoms with Crippen LogP contribution in [0.1, 0.15) is 49.8 Å². The summed E-state index contributed by atoms with van der Waals surface area (Å²) in [7, 11) is 0. The van der Waals surface area contributed by atoms with Gasteiger partial charge in [-0.25, -0.2) is 0 Å². The van der Waals surface area contributed by atoms with E-state index in [4.69, 9.17) is 5.73 Å². The molecule has 2 N–H and O–H groups in total. The summed E-state index contributed by atoms with van der Waals surface area (Å²) in [5, 5.41) is 0. The van der Waals surface area contributed by atoms with Crippen molar-refractivity contribution < 1.29 is 0 Å². The van der Waals surface area contributed by atoms with E-state index < -0.39 is 0 Å². The molecule has 2 atom stereocenters. The van der Waals surface area contributed by atoms with Crippen LogP contribution in [0.3, 0.4) is 0 Å². The van der Waals surface area contributed by atoms with Crippen molar-refractivity contribution in [3.05, 3.63) is 34.9 Å². The molecule has 0 spiro atoms. The van der Waals surface area contributed by atoms with Crippen molar-refractivity contribution in [1.82, 2.24) is 0 Å². The number of fused-ring (bicyclic) bond motifs is 1. The summed E-state index contributed by atoms with van der Waals surface area (Å²) in [5.41, 5.74) is 10.8. The van der Waals surface area contributed by atoms with E-state index in [0.29, 0.717) is 12.0 Å². The molecule has 1 aliphatic carbocycles. The Bertz CT molecular complexity index is 370. The molecule has 1 aliphatic rings. The zero-order chi connectivity index (χ0) is 12.3. The van der Waals surface area contributed by atoms with E-state index in [0.717, 1.165) is 6.42 Å². The second kappa shape index (κ2) is 5.68. The fourth-order valence-electron chi connectivity index (χ4n) is 2.89. The normalized spacial score (nSPS) is 17.8. The van der Waals surface area contributed by atoms with Gasteiger partial charge < -0.3 is 5.73 Å². The molecule has 17 heavy (non-hydrogen) atoms. The summed E-state index contributed by atoms with van der Waals surface area (Å²) in [5.74, 6) is 0.633. The topological polar surface area (TPSA) is 26.0 Å². The van der Waals surface area contributed by atoms with Crippen LogP contribution in [0.25, 0.3) is 0 Å². The van der Waals surface area contributed by atoms with Crippen molar-refractivity contribution in [2.45, 2.75) is 58.4 Å². The van der Waals surface area contributed by atoms with Gasteiger partial charge in [0.05, 0.1) is 0 Å². The van der Waals surface area contributed by atoms with Crippen LogP contribution < -0.4 is 5.73 Å². The molecular formula is C16H25N. The lowest BCUT2D eigenvalue weighted by atomic mass is 9.91. The predicted octanol–water partition coefficient (Wildman–Crippen LogP) is 3.48. The quantitative estimate of drug-likeness (QED) is 0.825. The summed E-state index contributed by atoms with van der Waals surface area (Å²) in [6, 6.07) is 7.30. The Morgan fingerprint density at radius 1 is 1.24 bits per heavy atom. The molecule has 1 nitrogen and oxygen atoms in total. The molecule has 0 fully saturated rings. The smallest absolute Gasteiger partial charge is 0.0105 e. The Labute approximate surface area is 105 Å². The first-order chi connectivity index (χ1) is 8.20. The number of aryl methyl sites for hydroxylation is 2. The van der Waals surface area contributed by atoms with E-state index in [9.17, 15) is 0 Å². The highest BCUT2D eigenvalue weighted by atomic mass is 14.6. The van der Waals surface area contributed by atoms with Crippen LogP contribution in [-0.4, -0.2) is 6.04 Å². The minimum atomic E-state index is 0.314. The van der Waals surface area contributed by atoms with Gasteiger partial charge in [0.1, 0.15) is 0 Å². The highest BCUT2D eigenvalue weighted by Gasteiger charge is 2.15. The molecule has 0 saturated carbocycles. The maximum absolute atomic E-state index is 6.28. The van der Waals surface area contributed by atoms with E-state index in [1.54, 1.807) is 11.1 Å². The molecule has 1 aromatic rings. The van der Waals surface area contributed by atoms with Crippen molar-refractivity contribution in [3.8, 4) is 0 Å². The largest absolute Gasteiger partial charge is 0.327 e.